The van der Waals surface area contributed by atoms with Gasteiger partial charge in [0.15, 0.2) is 0 Å². The Morgan fingerprint density at radius 3 is 2.21 bits per heavy atom. The third-order valence-corrected chi connectivity index (χ3v) is 4.09. The predicted octanol–water partition coefficient (Wildman–Crippen LogP) is 2.55. The molecule has 0 spiro atoms. The highest BCUT2D eigenvalue weighted by atomic mass is 19.4. The van der Waals surface area contributed by atoms with Crippen LogP contribution in [0.15, 0.2) is 23.1 Å². The molecule has 1 heterocycles. The van der Waals surface area contributed by atoms with E-state index in [0.29, 0.717) is 18.5 Å². The Hall–Kier alpha value is -2.88. The number of carbonyl (C=O) groups is 2. The van der Waals surface area contributed by atoms with Gasteiger partial charge in [0.05, 0.1) is 5.52 Å². The van der Waals surface area contributed by atoms with Gasteiger partial charge in [-0.25, -0.2) is 9.59 Å². The van der Waals surface area contributed by atoms with Gasteiger partial charge in [0.25, 0.3) is 0 Å². The van der Waals surface area contributed by atoms with Gasteiger partial charge >= 0.3 is 18.1 Å². The lowest BCUT2D eigenvalue weighted by atomic mass is 9.98. The van der Waals surface area contributed by atoms with Gasteiger partial charge in [0.1, 0.15) is 5.56 Å². The largest absolute Gasteiger partial charge is 0.490 e. The molecule has 0 aliphatic carbocycles. The zero-order valence-corrected chi connectivity index (χ0v) is 15.3. The molecule has 1 aromatic carbocycles. The monoisotopic (exact) mass is 402 g/mol. The molecule has 0 aliphatic heterocycles. The summed E-state index contributed by atoms with van der Waals surface area (Å²) in [4.78, 5) is 32.6. The average molecular weight is 402 g/mol. The SMILES string of the molecule is CCn1cc(C(=O)O)c(=O)c2c(C)c(CCCN)ccc21.O=C(O)C(F)(F)F. The standard InChI is InChI=1S/C16H20N2O3.C2HF3O2/c1-3-18-9-12(16(20)21)15(19)14-10(2)11(5-4-8-17)6-7-13(14)18;3-2(4,5)1(6)7/h6-7,9H,3-5,8,17H2,1-2H3,(H,20,21);(H,6,7). The number of rotatable bonds is 5. The van der Waals surface area contributed by atoms with Crippen LogP contribution in [0.2, 0.25) is 0 Å². The van der Waals surface area contributed by atoms with E-state index in [1.165, 1.54) is 6.20 Å². The third kappa shape index (κ3) is 5.32. The van der Waals surface area contributed by atoms with Gasteiger partial charge in [0, 0.05) is 18.1 Å². The van der Waals surface area contributed by atoms with Crippen LogP contribution in [-0.2, 0) is 17.8 Å². The van der Waals surface area contributed by atoms with E-state index in [-0.39, 0.29) is 5.56 Å². The maximum Gasteiger partial charge on any atom is 0.490 e. The molecule has 28 heavy (non-hydrogen) atoms. The molecule has 0 amide bonds. The highest BCUT2D eigenvalue weighted by Gasteiger charge is 2.38. The summed E-state index contributed by atoms with van der Waals surface area (Å²) in [7, 11) is 0. The van der Waals surface area contributed by atoms with Crippen molar-refractivity contribution >= 4 is 22.8 Å². The van der Waals surface area contributed by atoms with Crippen LogP contribution in [-0.4, -0.2) is 39.4 Å². The van der Waals surface area contributed by atoms with E-state index in [2.05, 4.69) is 0 Å². The summed E-state index contributed by atoms with van der Waals surface area (Å²) in [6.45, 7) is 5.00. The minimum absolute atomic E-state index is 0.177. The fourth-order valence-corrected chi connectivity index (χ4v) is 2.66. The number of fused-ring (bicyclic) bond motifs is 1. The molecule has 0 unspecified atom stereocenters. The molecule has 0 saturated carbocycles. The number of aryl methyl sites for hydroxylation is 3. The van der Waals surface area contributed by atoms with Crippen LogP contribution >= 0.6 is 0 Å². The second-order valence-electron chi connectivity index (χ2n) is 5.90. The Balaban J connectivity index is 0.000000480. The summed E-state index contributed by atoms with van der Waals surface area (Å²) < 4.78 is 33.5. The van der Waals surface area contributed by atoms with Gasteiger partial charge in [-0.05, 0) is 50.4 Å². The minimum Gasteiger partial charge on any atom is -0.477 e. The van der Waals surface area contributed by atoms with Gasteiger partial charge in [-0.15, -0.1) is 0 Å². The summed E-state index contributed by atoms with van der Waals surface area (Å²) in [6.07, 6.45) is -2.03. The number of hydrogen-bond acceptors (Lipinski definition) is 4. The van der Waals surface area contributed by atoms with Crippen LogP contribution in [0.5, 0.6) is 0 Å². The lowest BCUT2D eigenvalue weighted by molar-refractivity contribution is -0.192. The number of nitrogens with zero attached hydrogens (tertiary/aromatic N) is 1. The van der Waals surface area contributed by atoms with Gasteiger partial charge < -0.3 is 20.5 Å². The van der Waals surface area contributed by atoms with Crippen molar-refractivity contribution in [2.24, 2.45) is 5.73 Å². The summed E-state index contributed by atoms with van der Waals surface area (Å²) in [5, 5.41) is 16.8. The van der Waals surface area contributed by atoms with Gasteiger partial charge in [-0.1, -0.05) is 6.07 Å². The van der Waals surface area contributed by atoms with Crippen molar-refractivity contribution in [3.63, 3.8) is 0 Å². The van der Waals surface area contributed by atoms with Crippen LogP contribution in [0.4, 0.5) is 13.2 Å². The fourth-order valence-electron chi connectivity index (χ4n) is 2.66. The molecule has 2 rings (SSSR count). The second-order valence-corrected chi connectivity index (χ2v) is 5.90. The summed E-state index contributed by atoms with van der Waals surface area (Å²) in [5.41, 5.74) is 7.64. The first kappa shape index (κ1) is 23.2. The smallest absolute Gasteiger partial charge is 0.477 e. The third-order valence-electron chi connectivity index (χ3n) is 4.09. The number of hydrogen-bond donors (Lipinski definition) is 3. The predicted molar refractivity (Wildman–Crippen MR) is 96.6 cm³/mol. The molecule has 0 saturated heterocycles. The van der Waals surface area contributed by atoms with Crippen molar-refractivity contribution in [1.82, 2.24) is 4.57 Å². The summed E-state index contributed by atoms with van der Waals surface area (Å²) in [5.74, 6) is -3.94. The summed E-state index contributed by atoms with van der Waals surface area (Å²) >= 11 is 0. The van der Waals surface area contributed by atoms with Crippen LogP contribution in [0.1, 0.15) is 34.8 Å². The van der Waals surface area contributed by atoms with Crippen molar-refractivity contribution in [2.75, 3.05) is 6.54 Å². The number of halogens is 3. The molecule has 10 heteroatoms. The van der Waals surface area contributed by atoms with Crippen LogP contribution in [0, 0.1) is 6.92 Å². The van der Waals surface area contributed by atoms with Crippen molar-refractivity contribution < 1.29 is 33.0 Å². The van der Waals surface area contributed by atoms with Gasteiger partial charge in [0.2, 0.25) is 5.43 Å². The molecular weight excluding hydrogens is 381 g/mol. The average Bonchev–Trinajstić information content (AvgIpc) is 2.60. The van der Waals surface area contributed by atoms with Crippen LogP contribution in [0.3, 0.4) is 0 Å². The van der Waals surface area contributed by atoms with E-state index in [1.54, 1.807) is 4.57 Å². The Morgan fingerprint density at radius 1 is 1.21 bits per heavy atom. The van der Waals surface area contributed by atoms with E-state index in [9.17, 15) is 27.9 Å². The van der Waals surface area contributed by atoms with Crippen molar-refractivity contribution in [3.8, 4) is 0 Å². The van der Waals surface area contributed by atoms with E-state index >= 15 is 0 Å². The molecule has 154 valence electrons. The molecule has 1 aromatic heterocycles. The van der Waals surface area contributed by atoms with E-state index in [4.69, 9.17) is 15.6 Å². The Labute approximate surface area is 158 Å². The Morgan fingerprint density at radius 2 is 1.79 bits per heavy atom. The molecular formula is C18H21F3N2O5. The molecule has 0 atom stereocenters. The second kappa shape index (κ2) is 9.36. The number of carboxylic acids is 2. The zero-order chi connectivity index (χ0) is 21.6. The maximum absolute atomic E-state index is 12.5. The number of carboxylic acid groups (broad SMARTS) is 2. The normalized spacial score (nSPS) is 11.1. The number of aromatic nitrogens is 1. The first-order chi connectivity index (χ1) is 12.9. The number of nitrogens with two attached hydrogens (primary N) is 1. The zero-order valence-electron chi connectivity index (χ0n) is 15.3. The quantitative estimate of drug-likeness (QED) is 0.706. The highest BCUT2D eigenvalue weighted by Crippen LogP contribution is 2.21. The van der Waals surface area contributed by atoms with E-state index in [0.717, 1.165) is 29.5 Å². The lowest BCUT2D eigenvalue weighted by Gasteiger charge is -2.14. The van der Waals surface area contributed by atoms with Crippen molar-refractivity contribution in [3.05, 3.63) is 45.2 Å². The van der Waals surface area contributed by atoms with E-state index < -0.39 is 23.5 Å². The van der Waals surface area contributed by atoms with E-state index in [1.807, 2.05) is 26.0 Å². The maximum atomic E-state index is 12.5. The van der Waals surface area contributed by atoms with Gasteiger partial charge in [-0.3, -0.25) is 4.79 Å². The van der Waals surface area contributed by atoms with Crippen molar-refractivity contribution in [1.29, 1.82) is 0 Å². The molecule has 0 fully saturated rings. The van der Waals surface area contributed by atoms with Crippen molar-refractivity contribution in [2.45, 2.75) is 39.4 Å². The first-order valence-corrected chi connectivity index (χ1v) is 8.34. The number of aliphatic carboxylic acids is 1. The Bertz CT molecular complexity index is 935. The molecule has 0 radical (unpaired) electrons. The number of benzene rings is 1. The first-order valence-electron chi connectivity index (χ1n) is 8.34. The Kier molecular flexibility index (Phi) is 7.74. The molecule has 2 aromatic rings. The van der Waals surface area contributed by atoms with Crippen LogP contribution in [0.25, 0.3) is 10.9 Å². The molecule has 0 bridgehead atoms. The minimum atomic E-state index is -5.08. The van der Waals surface area contributed by atoms with Gasteiger partial charge in [-0.2, -0.15) is 13.2 Å². The fraction of sp³-hybridized carbons (Fsp3) is 0.389. The molecule has 0 aliphatic rings. The number of aromatic carboxylic acids is 1. The lowest BCUT2D eigenvalue weighted by Crippen LogP contribution is -2.21. The van der Waals surface area contributed by atoms with Crippen LogP contribution < -0.4 is 11.2 Å². The molecule has 4 N–H and O–H groups in total. The topological polar surface area (TPSA) is 123 Å². The summed E-state index contributed by atoms with van der Waals surface area (Å²) in [6, 6.07) is 3.89. The number of alkyl halides is 3. The molecule has 7 nitrogen and oxygen atoms in total. The number of pyridine rings is 1. The highest BCUT2D eigenvalue weighted by molar-refractivity contribution is 5.94.